The van der Waals surface area contributed by atoms with E-state index >= 15 is 0 Å². The molecule has 0 radical (unpaired) electrons. The van der Waals surface area contributed by atoms with Gasteiger partial charge in [0.25, 0.3) is 0 Å². The second-order valence-corrected chi connectivity index (χ2v) is 7.80. The van der Waals surface area contributed by atoms with E-state index in [0.29, 0.717) is 22.3 Å². The number of rotatable bonds is 4. The monoisotopic (exact) mass is 397 g/mol. The number of aromatic nitrogens is 1. The van der Waals surface area contributed by atoms with Gasteiger partial charge in [-0.25, -0.2) is 4.98 Å². The average molecular weight is 398 g/mol. The Kier molecular flexibility index (Phi) is 4.92. The number of halogens is 1. The van der Waals surface area contributed by atoms with Gasteiger partial charge in [-0.15, -0.1) is 11.3 Å². The van der Waals surface area contributed by atoms with Gasteiger partial charge in [-0.3, -0.25) is 9.59 Å². The molecule has 27 heavy (non-hydrogen) atoms. The zero-order valence-electron chi connectivity index (χ0n) is 14.2. The Morgan fingerprint density at radius 2 is 2.00 bits per heavy atom. The molecule has 2 aromatic carbocycles. The van der Waals surface area contributed by atoms with Gasteiger partial charge >= 0.3 is 0 Å². The lowest BCUT2D eigenvalue weighted by atomic mass is 9.90. The van der Waals surface area contributed by atoms with Gasteiger partial charge in [-0.2, -0.15) is 0 Å². The Morgan fingerprint density at radius 1 is 1.22 bits per heavy atom. The standard InChI is InChI=1S/C20H16ClN3O2S/c21-16-7-3-1-5-12(16)9-13-11-22-20(27-13)24-19(26)15-10-18(25)23-17-8-4-2-6-14(15)17/h1-8,11,15H,9-10H2,(H,23,25)(H,22,24,26). The van der Waals surface area contributed by atoms with E-state index in [2.05, 4.69) is 15.6 Å². The molecule has 7 heteroatoms. The number of fused-ring (bicyclic) bond motifs is 1. The second-order valence-electron chi connectivity index (χ2n) is 6.28. The van der Waals surface area contributed by atoms with Gasteiger partial charge in [-0.1, -0.05) is 48.0 Å². The molecule has 0 bridgehead atoms. The SMILES string of the molecule is O=C1CC(C(=O)Nc2ncc(Cc3ccccc3Cl)s2)c2ccccc2N1. The smallest absolute Gasteiger partial charge is 0.234 e. The molecule has 1 aromatic heterocycles. The van der Waals surface area contributed by atoms with Crippen LogP contribution in [0.4, 0.5) is 10.8 Å². The van der Waals surface area contributed by atoms with Crippen LogP contribution in [-0.4, -0.2) is 16.8 Å². The Bertz CT molecular complexity index is 1020. The Balaban J connectivity index is 1.49. The zero-order valence-corrected chi connectivity index (χ0v) is 15.8. The highest BCUT2D eigenvalue weighted by Gasteiger charge is 2.30. The van der Waals surface area contributed by atoms with Crippen molar-refractivity contribution >= 4 is 45.6 Å². The van der Waals surface area contributed by atoms with Crippen LogP contribution in [-0.2, 0) is 16.0 Å². The Morgan fingerprint density at radius 3 is 2.85 bits per heavy atom. The maximum absolute atomic E-state index is 12.8. The molecule has 136 valence electrons. The molecule has 2 amide bonds. The van der Waals surface area contributed by atoms with Crippen LogP contribution in [0.3, 0.4) is 0 Å². The summed E-state index contributed by atoms with van der Waals surface area (Å²) < 4.78 is 0. The number of hydrogen-bond donors (Lipinski definition) is 2. The Labute approximate surface area is 165 Å². The molecule has 1 aliphatic heterocycles. The first-order chi connectivity index (χ1) is 13.1. The van der Waals surface area contributed by atoms with E-state index in [-0.39, 0.29) is 18.2 Å². The fourth-order valence-corrected chi connectivity index (χ4v) is 4.16. The maximum atomic E-state index is 12.8. The molecule has 0 aliphatic carbocycles. The van der Waals surface area contributed by atoms with E-state index in [9.17, 15) is 9.59 Å². The molecule has 0 saturated carbocycles. The molecule has 1 unspecified atom stereocenters. The average Bonchev–Trinajstić information content (AvgIpc) is 3.09. The predicted octanol–water partition coefficient (Wildman–Crippen LogP) is 4.45. The van der Waals surface area contributed by atoms with Crippen molar-refractivity contribution in [3.8, 4) is 0 Å². The van der Waals surface area contributed by atoms with E-state index in [1.165, 1.54) is 11.3 Å². The van der Waals surface area contributed by atoms with Crippen LogP contribution in [0.15, 0.2) is 54.7 Å². The summed E-state index contributed by atoms with van der Waals surface area (Å²) in [5, 5.41) is 6.88. The van der Waals surface area contributed by atoms with Gasteiger partial charge in [0, 0.05) is 34.6 Å². The summed E-state index contributed by atoms with van der Waals surface area (Å²) in [6.45, 7) is 0. The summed E-state index contributed by atoms with van der Waals surface area (Å²) in [7, 11) is 0. The van der Waals surface area contributed by atoms with Gasteiger partial charge in [0.15, 0.2) is 5.13 Å². The minimum absolute atomic E-state index is 0.126. The minimum Gasteiger partial charge on any atom is -0.326 e. The van der Waals surface area contributed by atoms with Gasteiger partial charge in [0.2, 0.25) is 11.8 Å². The zero-order chi connectivity index (χ0) is 18.8. The predicted molar refractivity (Wildman–Crippen MR) is 107 cm³/mol. The van der Waals surface area contributed by atoms with Crippen molar-refractivity contribution in [1.29, 1.82) is 0 Å². The number of hydrogen-bond acceptors (Lipinski definition) is 4. The molecule has 4 rings (SSSR count). The molecule has 1 aliphatic rings. The summed E-state index contributed by atoms with van der Waals surface area (Å²) in [5.74, 6) is -0.908. The van der Waals surface area contributed by atoms with Crippen molar-refractivity contribution in [3.05, 3.63) is 75.8 Å². The van der Waals surface area contributed by atoms with Crippen LogP contribution in [0.25, 0.3) is 0 Å². The summed E-state index contributed by atoms with van der Waals surface area (Å²) in [6, 6.07) is 15.0. The second kappa shape index (κ2) is 7.50. The van der Waals surface area contributed by atoms with E-state index in [0.717, 1.165) is 16.0 Å². The van der Waals surface area contributed by atoms with Crippen LogP contribution in [0.5, 0.6) is 0 Å². The molecule has 0 fully saturated rings. The lowest BCUT2D eigenvalue weighted by molar-refractivity contribution is -0.123. The summed E-state index contributed by atoms with van der Waals surface area (Å²) >= 11 is 7.61. The van der Waals surface area contributed by atoms with Crippen molar-refractivity contribution in [2.75, 3.05) is 10.6 Å². The molecular weight excluding hydrogens is 382 g/mol. The number of nitrogens with zero attached hydrogens (tertiary/aromatic N) is 1. The lowest BCUT2D eigenvalue weighted by Crippen LogP contribution is -2.30. The molecule has 0 spiro atoms. The van der Waals surface area contributed by atoms with Crippen LogP contribution in [0, 0.1) is 0 Å². The number of amides is 2. The van der Waals surface area contributed by atoms with Crippen LogP contribution in [0.1, 0.15) is 28.3 Å². The number of benzene rings is 2. The molecular formula is C20H16ClN3O2S. The molecule has 0 saturated heterocycles. The molecule has 3 aromatic rings. The van der Waals surface area contributed by atoms with E-state index in [1.54, 1.807) is 12.3 Å². The molecule has 5 nitrogen and oxygen atoms in total. The summed E-state index contributed by atoms with van der Waals surface area (Å²) in [6.07, 6.45) is 2.52. The third-order valence-electron chi connectivity index (χ3n) is 4.42. The van der Waals surface area contributed by atoms with Crippen molar-refractivity contribution in [3.63, 3.8) is 0 Å². The van der Waals surface area contributed by atoms with Crippen molar-refractivity contribution < 1.29 is 9.59 Å². The maximum Gasteiger partial charge on any atom is 0.234 e. The quantitative estimate of drug-likeness (QED) is 0.683. The van der Waals surface area contributed by atoms with Gasteiger partial charge < -0.3 is 10.6 Å². The number of thiazole rings is 1. The molecule has 2 N–H and O–H groups in total. The fraction of sp³-hybridized carbons (Fsp3) is 0.150. The van der Waals surface area contributed by atoms with E-state index in [4.69, 9.17) is 11.6 Å². The number of nitrogens with one attached hydrogen (secondary N) is 2. The van der Waals surface area contributed by atoms with Crippen molar-refractivity contribution in [2.24, 2.45) is 0 Å². The third kappa shape index (κ3) is 3.86. The Hall–Kier alpha value is -2.70. The summed E-state index contributed by atoms with van der Waals surface area (Å²) in [5.41, 5.74) is 2.52. The largest absolute Gasteiger partial charge is 0.326 e. The third-order valence-corrected chi connectivity index (χ3v) is 5.70. The highest BCUT2D eigenvalue weighted by molar-refractivity contribution is 7.15. The molecule has 1 atom stereocenters. The van der Waals surface area contributed by atoms with E-state index in [1.807, 2.05) is 42.5 Å². The number of para-hydroxylation sites is 1. The highest BCUT2D eigenvalue weighted by Crippen LogP contribution is 2.33. The van der Waals surface area contributed by atoms with E-state index < -0.39 is 5.92 Å². The molecule has 2 heterocycles. The van der Waals surface area contributed by atoms with Crippen LogP contribution in [0.2, 0.25) is 5.02 Å². The first kappa shape index (κ1) is 17.7. The fourth-order valence-electron chi connectivity index (χ4n) is 3.11. The first-order valence-corrected chi connectivity index (χ1v) is 9.67. The minimum atomic E-state index is -0.522. The van der Waals surface area contributed by atoms with Crippen LogP contribution >= 0.6 is 22.9 Å². The normalized spacial score (nSPS) is 15.7. The number of carbonyl (C=O) groups is 2. The summed E-state index contributed by atoms with van der Waals surface area (Å²) in [4.78, 5) is 30.0. The van der Waals surface area contributed by atoms with Crippen molar-refractivity contribution in [1.82, 2.24) is 4.98 Å². The van der Waals surface area contributed by atoms with Gasteiger partial charge in [0.05, 0.1) is 5.92 Å². The van der Waals surface area contributed by atoms with Crippen molar-refractivity contribution in [2.45, 2.75) is 18.8 Å². The van der Waals surface area contributed by atoms with Gasteiger partial charge in [-0.05, 0) is 23.3 Å². The lowest BCUT2D eigenvalue weighted by Gasteiger charge is -2.24. The first-order valence-electron chi connectivity index (χ1n) is 8.48. The number of anilines is 2. The number of carbonyl (C=O) groups excluding carboxylic acids is 2. The topological polar surface area (TPSA) is 71.1 Å². The highest BCUT2D eigenvalue weighted by atomic mass is 35.5. The van der Waals surface area contributed by atoms with Crippen LogP contribution < -0.4 is 10.6 Å². The van der Waals surface area contributed by atoms with Gasteiger partial charge in [0.1, 0.15) is 0 Å².